The summed E-state index contributed by atoms with van der Waals surface area (Å²) >= 11 is 0. The number of aryl methyl sites for hydroxylation is 1. The highest BCUT2D eigenvalue weighted by atomic mass is 79.9. The van der Waals surface area contributed by atoms with Crippen molar-refractivity contribution in [2.75, 3.05) is 38.3 Å². The molecule has 0 spiro atoms. The predicted molar refractivity (Wildman–Crippen MR) is 96.4 cm³/mol. The molecule has 0 bridgehead atoms. The summed E-state index contributed by atoms with van der Waals surface area (Å²) in [5.74, 6) is 1.79. The first-order chi connectivity index (χ1) is 12.1. The van der Waals surface area contributed by atoms with E-state index >= 15 is 0 Å². The summed E-state index contributed by atoms with van der Waals surface area (Å²) in [6.45, 7) is 4.55. The van der Waals surface area contributed by atoms with Crippen molar-refractivity contribution >= 4 is 11.5 Å². The number of ether oxygens (including phenoxy) is 2. The number of nitrogens with zero attached hydrogens (tertiary/aromatic N) is 2. The normalized spacial score (nSPS) is 22.0. The molecule has 26 heavy (non-hydrogen) atoms. The first-order valence-corrected chi connectivity index (χ1v) is 8.54. The number of anilines is 1. The van der Waals surface area contributed by atoms with E-state index in [0.717, 1.165) is 29.4 Å². The number of aliphatic hydroxyl groups is 1. The monoisotopic (exact) mass is 418 g/mol. The lowest BCUT2D eigenvalue weighted by atomic mass is 9.99. The summed E-state index contributed by atoms with van der Waals surface area (Å²) in [5, 5.41) is 11.7. The molecule has 0 radical (unpaired) electrons. The smallest absolute Gasteiger partial charge is 0.281 e. The van der Waals surface area contributed by atoms with E-state index in [-0.39, 0.29) is 17.0 Å². The topological polar surface area (TPSA) is 44.9 Å². The standard InChI is InChI=1S/C20H23N2O3.BrH/c1-15-3-5-16(6-4-15)20(23)14-21-11-12-25-13-19(21)22(20)17-7-9-18(24-2)10-8-17;/h3-10,23H,11-14H2,1-2H3;1H/q+1;/p-1. The van der Waals surface area contributed by atoms with E-state index in [2.05, 4.69) is 11.5 Å². The Kier molecular flexibility index (Phi) is 5.37. The zero-order chi connectivity index (χ0) is 17.4. The van der Waals surface area contributed by atoms with Crippen molar-refractivity contribution in [3.63, 3.8) is 0 Å². The van der Waals surface area contributed by atoms with Gasteiger partial charge in [0.25, 0.3) is 11.6 Å². The molecule has 0 saturated carbocycles. The van der Waals surface area contributed by atoms with Gasteiger partial charge in [0.05, 0.1) is 13.7 Å². The summed E-state index contributed by atoms with van der Waals surface area (Å²) in [4.78, 5) is 2.00. The molecule has 0 saturated heterocycles. The maximum atomic E-state index is 11.7. The molecule has 2 aromatic rings. The summed E-state index contributed by atoms with van der Waals surface area (Å²) in [5.41, 5.74) is 1.86. The van der Waals surface area contributed by atoms with E-state index in [4.69, 9.17) is 9.47 Å². The zero-order valence-corrected chi connectivity index (χ0v) is 16.6. The van der Waals surface area contributed by atoms with Crippen molar-refractivity contribution in [1.29, 1.82) is 0 Å². The van der Waals surface area contributed by atoms with Crippen molar-refractivity contribution in [3.05, 3.63) is 59.7 Å². The number of rotatable bonds is 3. The Morgan fingerprint density at radius 3 is 2.46 bits per heavy atom. The van der Waals surface area contributed by atoms with E-state index in [1.165, 1.54) is 5.56 Å². The van der Waals surface area contributed by atoms with E-state index in [9.17, 15) is 5.11 Å². The maximum absolute atomic E-state index is 11.7. The molecule has 1 atom stereocenters. The van der Waals surface area contributed by atoms with Crippen LogP contribution in [-0.2, 0) is 10.5 Å². The van der Waals surface area contributed by atoms with Gasteiger partial charge in [-0.25, -0.2) is 0 Å². The fraction of sp³-hybridized carbons (Fsp3) is 0.350. The van der Waals surface area contributed by atoms with Crippen LogP contribution in [0.25, 0.3) is 0 Å². The maximum Gasteiger partial charge on any atom is 0.281 e. The van der Waals surface area contributed by atoms with E-state index in [1.807, 2.05) is 53.4 Å². The number of benzene rings is 2. The van der Waals surface area contributed by atoms with Gasteiger partial charge in [-0.1, -0.05) is 29.8 Å². The first-order valence-electron chi connectivity index (χ1n) is 8.54. The fourth-order valence-corrected chi connectivity index (χ4v) is 3.62. The molecule has 2 heterocycles. The molecule has 0 amide bonds. The Morgan fingerprint density at radius 2 is 1.81 bits per heavy atom. The van der Waals surface area contributed by atoms with Crippen LogP contribution in [0.1, 0.15) is 11.1 Å². The Labute approximate surface area is 164 Å². The van der Waals surface area contributed by atoms with Crippen molar-refractivity contribution in [1.82, 2.24) is 0 Å². The Hall–Kier alpha value is -1.89. The van der Waals surface area contributed by atoms with Crippen molar-refractivity contribution < 1.29 is 36.1 Å². The van der Waals surface area contributed by atoms with Gasteiger partial charge in [0.15, 0.2) is 6.54 Å². The molecule has 1 unspecified atom stereocenters. The molecule has 6 heteroatoms. The largest absolute Gasteiger partial charge is 1.00 e. The van der Waals surface area contributed by atoms with Crippen LogP contribution in [-0.4, -0.2) is 48.9 Å². The molecule has 1 N–H and O–H groups in total. The van der Waals surface area contributed by atoms with Gasteiger partial charge >= 0.3 is 0 Å². The summed E-state index contributed by atoms with van der Waals surface area (Å²) in [6, 6.07) is 15.9. The second-order valence-electron chi connectivity index (χ2n) is 6.61. The molecule has 0 aromatic heterocycles. The molecule has 2 aliphatic heterocycles. The number of halogens is 1. The van der Waals surface area contributed by atoms with E-state index in [1.54, 1.807) is 7.11 Å². The molecule has 2 aliphatic rings. The second-order valence-corrected chi connectivity index (χ2v) is 6.61. The highest BCUT2D eigenvalue weighted by molar-refractivity contribution is 5.98. The molecule has 0 aliphatic carbocycles. The van der Waals surface area contributed by atoms with Gasteiger partial charge in [-0.05, 0) is 31.2 Å². The minimum atomic E-state index is -1.12. The van der Waals surface area contributed by atoms with Crippen LogP contribution in [0.2, 0.25) is 0 Å². The third kappa shape index (κ3) is 3.13. The van der Waals surface area contributed by atoms with Crippen molar-refractivity contribution in [3.8, 4) is 5.75 Å². The molecule has 2 aromatic carbocycles. The number of hydrogen-bond acceptors (Lipinski definition) is 4. The van der Waals surface area contributed by atoms with Gasteiger partial charge < -0.3 is 31.6 Å². The Balaban J connectivity index is 0.00000196. The number of amidine groups is 1. The summed E-state index contributed by atoms with van der Waals surface area (Å²) < 4.78 is 13.2. The molecule has 138 valence electrons. The zero-order valence-electron chi connectivity index (χ0n) is 15.0. The number of methoxy groups -OCH3 is 1. The van der Waals surface area contributed by atoms with E-state index in [0.29, 0.717) is 19.8 Å². The lowest BCUT2D eigenvalue weighted by Crippen LogP contribution is -3.00. The van der Waals surface area contributed by atoms with Crippen LogP contribution < -0.4 is 26.6 Å². The molecule has 0 fully saturated rings. The van der Waals surface area contributed by atoms with Crippen LogP contribution in [0.5, 0.6) is 5.75 Å². The van der Waals surface area contributed by atoms with Crippen LogP contribution in [0.3, 0.4) is 0 Å². The van der Waals surface area contributed by atoms with Gasteiger partial charge in [-0.15, -0.1) is 0 Å². The Morgan fingerprint density at radius 1 is 1.12 bits per heavy atom. The fourth-order valence-electron chi connectivity index (χ4n) is 3.62. The minimum Gasteiger partial charge on any atom is -1.00 e. The molecular formula is C20H23BrN2O3. The minimum absolute atomic E-state index is 0. The average molecular weight is 419 g/mol. The summed E-state index contributed by atoms with van der Waals surface area (Å²) in [7, 11) is 1.65. The predicted octanol–water partition coefficient (Wildman–Crippen LogP) is -0.886. The third-order valence-corrected chi connectivity index (χ3v) is 4.99. The quantitative estimate of drug-likeness (QED) is 0.657. The van der Waals surface area contributed by atoms with Gasteiger partial charge in [-0.3, -0.25) is 4.58 Å². The molecule has 5 nitrogen and oxygen atoms in total. The SMILES string of the molecule is COc1ccc(N2C3=[N+](CCOC3)CC2(O)c2ccc(C)cc2)cc1.[Br-]. The van der Waals surface area contributed by atoms with Crippen LogP contribution >= 0.6 is 0 Å². The summed E-state index contributed by atoms with van der Waals surface area (Å²) in [6.07, 6.45) is 0. The molecular weight excluding hydrogens is 396 g/mol. The molecule has 4 rings (SSSR count). The van der Waals surface area contributed by atoms with Gasteiger partial charge in [0, 0.05) is 5.56 Å². The highest BCUT2D eigenvalue weighted by Gasteiger charge is 2.54. The average Bonchev–Trinajstić information content (AvgIpc) is 2.95. The van der Waals surface area contributed by atoms with Gasteiger partial charge in [-0.2, -0.15) is 4.90 Å². The van der Waals surface area contributed by atoms with Crippen LogP contribution in [0.15, 0.2) is 48.5 Å². The van der Waals surface area contributed by atoms with E-state index < -0.39 is 5.72 Å². The lowest BCUT2D eigenvalue weighted by Gasteiger charge is -2.29. The lowest BCUT2D eigenvalue weighted by molar-refractivity contribution is -0.543. The second kappa shape index (κ2) is 7.39. The van der Waals surface area contributed by atoms with Crippen LogP contribution in [0.4, 0.5) is 5.69 Å². The van der Waals surface area contributed by atoms with Crippen LogP contribution in [0, 0.1) is 6.92 Å². The third-order valence-electron chi connectivity index (χ3n) is 4.99. The Bertz CT molecular complexity index is 805. The van der Waals surface area contributed by atoms with Gasteiger partial charge in [0.2, 0.25) is 0 Å². The van der Waals surface area contributed by atoms with Crippen molar-refractivity contribution in [2.24, 2.45) is 0 Å². The van der Waals surface area contributed by atoms with Gasteiger partial charge in [0.1, 0.15) is 24.6 Å². The highest BCUT2D eigenvalue weighted by Crippen LogP contribution is 2.37. The number of hydrogen-bond donors (Lipinski definition) is 1. The van der Waals surface area contributed by atoms with Crippen molar-refractivity contribution in [2.45, 2.75) is 12.6 Å². The first kappa shape index (κ1) is 18.9.